The van der Waals surface area contributed by atoms with Crippen molar-refractivity contribution >= 4 is 27.2 Å². The molecule has 0 aliphatic heterocycles. The average Bonchev–Trinajstić information content (AvgIpc) is 2.51. The number of hydrogen-bond donors (Lipinski definition) is 2. The Bertz CT molecular complexity index is 756. The van der Waals surface area contributed by atoms with Gasteiger partial charge in [-0.25, -0.2) is 13.4 Å². The van der Waals surface area contributed by atoms with Gasteiger partial charge in [-0.1, -0.05) is 25.5 Å². The molecule has 0 bridgehead atoms. The Hall–Kier alpha value is -2.08. The lowest BCUT2D eigenvalue weighted by Crippen LogP contribution is -2.16. The predicted octanol–water partition coefficient (Wildman–Crippen LogP) is 3.98. The molecular formula is C17H23N3O2S. The lowest BCUT2D eigenvalue weighted by molar-refractivity contribution is 0.598. The smallest absolute Gasteiger partial charge is 0.232 e. The van der Waals surface area contributed by atoms with Crippen LogP contribution in [-0.2, 0) is 10.0 Å². The summed E-state index contributed by atoms with van der Waals surface area (Å²) < 4.78 is 26.3. The Kier molecular flexibility index (Phi) is 5.60. The highest BCUT2D eigenvalue weighted by Crippen LogP contribution is 2.22. The summed E-state index contributed by atoms with van der Waals surface area (Å²) in [6.45, 7) is 6.07. The van der Waals surface area contributed by atoms with E-state index in [4.69, 9.17) is 0 Å². The average molecular weight is 333 g/mol. The summed E-state index contributed by atoms with van der Waals surface area (Å²) in [6, 6.07) is 9.51. The number of unbranched alkanes of at least 4 members (excludes halogenated alkanes) is 1. The summed E-state index contributed by atoms with van der Waals surface area (Å²) in [5.74, 6) is 0.807. The minimum Gasteiger partial charge on any atom is -0.340 e. The van der Waals surface area contributed by atoms with E-state index in [1.165, 1.54) is 17.3 Å². The Morgan fingerprint density at radius 3 is 2.57 bits per heavy atom. The maximum atomic E-state index is 11.9. The van der Waals surface area contributed by atoms with Gasteiger partial charge in [0.25, 0.3) is 0 Å². The number of hydrogen-bond acceptors (Lipinski definition) is 4. The number of nitrogens with zero attached hydrogens (tertiary/aromatic N) is 1. The van der Waals surface area contributed by atoms with Crippen LogP contribution in [0, 0.1) is 13.8 Å². The molecule has 2 rings (SSSR count). The van der Waals surface area contributed by atoms with Gasteiger partial charge in [-0.2, -0.15) is 0 Å². The van der Waals surface area contributed by atoms with Crippen LogP contribution in [0.5, 0.6) is 0 Å². The minimum absolute atomic E-state index is 0.131. The fourth-order valence-corrected chi connectivity index (χ4v) is 3.37. The van der Waals surface area contributed by atoms with Gasteiger partial charge in [0, 0.05) is 5.69 Å². The second-order valence-corrected chi connectivity index (χ2v) is 7.42. The monoisotopic (exact) mass is 333 g/mol. The van der Waals surface area contributed by atoms with Crippen LogP contribution < -0.4 is 10.0 Å². The van der Waals surface area contributed by atoms with Crippen LogP contribution >= 0.6 is 0 Å². The van der Waals surface area contributed by atoms with E-state index in [9.17, 15) is 8.42 Å². The standard InChI is InChI=1S/C17H23N3O2S/c1-4-5-11-23(21,22)20-15-9-10-17(18-12-15)19-16-8-6-7-13(2)14(16)3/h6-10,12,20H,4-5,11H2,1-3H3,(H,18,19). The van der Waals surface area contributed by atoms with Crippen LogP contribution in [0.1, 0.15) is 30.9 Å². The van der Waals surface area contributed by atoms with Crippen LogP contribution in [0.2, 0.25) is 0 Å². The molecule has 0 amide bonds. The van der Waals surface area contributed by atoms with Crippen molar-refractivity contribution in [3.63, 3.8) is 0 Å². The number of aryl methyl sites for hydroxylation is 1. The number of pyridine rings is 1. The summed E-state index contributed by atoms with van der Waals surface area (Å²) >= 11 is 0. The fraction of sp³-hybridized carbons (Fsp3) is 0.353. The van der Waals surface area contributed by atoms with E-state index in [1.807, 2.05) is 26.0 Å². The van der Waals surface area contributed by atoms with Gasteiger partial charge in [0.1, 0.15) is 5.82 Å². The molecule has 6 heteroatoms. The molecule has 0 aliphatic carbocycles. The third kappa shape index (κ3) is 4.96. The first kappa shape index (κ1) is 17.3. The van der Waals surface area contributed by atoms with Gasteiger partial charge >= 0.3 is 0 Å². The molecule has 1 aromatic carbocycles. The van der Waals surface area contributed by atoms with Crippen molar-refractivity contribution in [2.45, 2.75) is 33.6 Å². The number of anilines is 3. The fourth-order valence-electron chi connectivity index (χ4n) is 2.12. The molecule has 0 aliphatic rings. The zero-order valence-corrected chi connectivity index (χ0v) is 14.6. The van der Waals surface area contributed by atoms with E-state index in [-0.39, 0.29) is 5.75 Å². The maximum Gasteiger partial charge on any atom is 0.232 e. The van der Waals surface area contributed by atoms with E-state index in [1.54, 1.807) is 12.1 Å². The van der Waals surface area contributed by atoms with Crippen LogP contribution in [0.3, 0.4) is 0 Å². The maximum absolute atomic E-state index is 11.9. The van der Waals surface area contributed by atoms with Crippen molar-refractivity contribution in [3.05, 3.63) is 47.7 Å². The highest BCUT2D eigenvalue weighted by atomic mass is 32.2. The molecule has 23 heavy (non-hydrogen) atoms. The second kappa shape index (κ2) is 7.46. The molecule has 2 N–H and O–H groups in total. The quantitative estimate of drug-likeness (QED) is 0.804. The van der Waals surface area contributed by atoms with Crippen molar-refractivity contribution < 1.29 is 8.42 Å². The minimum atomic E-state index is -3.29. The van der Waals surface area contributed by atoms with Crippen LogP contribution in [0.15, 0.2) is 36.5 Å². The van der Waals surface area contributed by atoms with Gasteiger partial charge in [-0.3, -0.25) is 4.72 Å². The molecule has 0 saturated carbocycles. The highest BCUT2D eigenvalue weighted by Gasteiger charge is 2.10. The number of rotatable bonds is 7. The summed E-state index contributed by atoms with van der Waals surface area (Å²) in [5.41, 5.74) is 3.84. The second-order valence-electron chi connectivity index (χ2n) is 5.58. The molecule has 0 fully saturated rings. The molecule has 124 valence electrons. The zero-order valence-electron chi connectivity index (χ0n) is 13.8. The van der Waals surface area contributed by atoms with Gasteiger partial charge in [0.2, 0.25) is 10.0 Å². The Labute approximate surface area is 138 Å². The van der Waals surface area contributed by atoms with Gasteiger partial charge in [-0.15, -0.1) is 0 Å². The number of aromatic nitrogens is 1. The van der Waals surface area contributed by atoms with Crippen molar-refractivity contribution in [1.29, 1.82) is 0 Å². The summed E-state index contributed by atoms with van der Waals surface area (Å²) in [6.07, 6.45) is 3.02. The number of nitrogens with one attached hydrogen (secondary N) is 2. The van der Waals surface area contributed by atoms with Crippen molar-refractivity contribution in [2.75, 3.05) is 15.8 Å². The van der Waals surface area contributed by atoms with Crippen molar-refractivity contribution in [2.24, 2.45) is 0 Å². The number of sulfonamides is 1. The summed E-state index contributed by atoms with van der Waals surface area (Å²) in [5, 5.41) is 3.25. The Morgan fingerprint density at radius 2 is 1.91 bits per heavy atom. The van der Waals surface area contributed by atoms with E-state index in [0.29, 0.717) is 17.9 Å². The lowest BCUT2D eigenvalue weighted by Gasteiger charge is -2.12. The summed E-state index contributed by atoms with van der Waals surface area (Å²) in [4.78, 5) is 4.27. The predicted molar refractivity (Wildman–Crippen MR) is 95.8 cm³/mol. The lowest BCUT2D eigenvalue weighted by atomic mass is 10.1. The molecule has 0 atom stereocenters. The molecule has 2 aromatic rings. The molecule has 1 aromatic heterocycles. The van der Waals surface area contributed by atoms with Crippen LogP contribution in [0.4, 0.5) is 17.2 Å². The van der Waals surface area contributed by atoms with Gasteiger partial charge in [0.05, 0.1) is 17.6 Å². The molecule has 1 heterocycles. The highest BCUT2D eigenvalue weighted by molar-refractivity contribution is 7.92. The molecular weight excluding hydrogens is 310 g/mol. The van der Waals surface area contributed by atoms with Gasteiger partial charge in [0.15, 0.2) is 0 Å². The number of benzene rings is 1. The molecule has 0 radical (unpaired) electrons. The van der Waals surface area contributed by atoms with Gasteiger partial charge < -0.3 is 5.32 Å². The van der Waals surface area contributed by atoms with E-state index < -0.39 is 10.0 Å². The van der Waals surface area contributed by atoms with Crippen molar-refractivity contribution in [3.8, 4) is 0 Å². The van der Waals surface area contributed by atoms with Crippen LogP contribution in [0.25, 0.3) is 0 Å². The summed E-state index contributed by atoms with van der Waals surface area (Å²) in [7, 11) is -3.29. The molecule has 0 spiro atoms. The first-order valence-electron chi connectivity index (χ1n) is 7.71. The topological polar surface area (TPSA) is 71.1 Å². The van der Waals surface area contributed by atoms with E-state index in [2.05, 4.69) is 28.0 Å². The van der Waals surface area contributed by atoms with Crippen LogP contribution in [-0.4, -0.2) is 19.2 Å². The first-order chi connectivity index (χ1) is 10.9. The molecule has 5 nitrogen and oxygen atoms in total. The SMILES string of the molecule is CCCCS(=O)(=O)Nc1ccc(Nc2cccc(C)c2C)nc1. The van der Waals surface area contributed by atoms with Gasteiger partial charge in [-0.05, 0) is 49.6 Å². The Morgan fingerprint density at radius 1 is 1.13 bits per heavy atom. The molecule has 0 unspecified atom stereocenters. The van der Waals surface area contributed by atoms with Crippen molar-refractivity contribution in [1.82, 2.24) is 4.98 Å². The van der Waals surface area contributed by atoms with E-state index in [0.717, 1.165) is 12.1 Å². The Balaban J connectivity index is 2.06. The first-order valence-corrected chi connectivity index (χ1v) is 9.36. The van der Waals surface area contributed by atoms with E-state index >= 15 is 0 Å². The zero-order chi connectivity index (χ0) is 16.9. The third-order valence-electron chi connectivity index (χ3n) is 3.67. The largest absolute Gasteiger partial charge is 0.340 e. The normalized spacial score (nSPS) is 11.3. The molecule has 0 saturated heterocycles. The third-order valence-corrected chi connectivity index (χ3v) is 5.04.